The number of pyridine rings is 1. The Kier molecular flexibility index (Phi) is 4.93. The van der Waals surface area contributed by atoms with E-state index in [1.165, 1.54) is 24.3 Å². The van der Waals surface area contributed by atoms with Gasteiger partial charge >= 0.3 is 5.97 Å². The van der Waals surface area contributed by atoms with Gasteiger partial charge in [-0.05, 0) is 24.1 Å². The fourth-order valence-electron chi connectivity index (χ4n) is 3.38. The van der Waals surface area contributed by atoms with Gasteiger partial charge in [-0.2, -0.15) is 0 Å². The topological polar surface area (TPSA) is 86.2 Å². The fourth-order valence-corrected chi connectivity index (χ4v) is 3.38. The molecule has 3 aromatic rings. The Balaban J connectivity index is 1.48. The van der Waals surface area contributed by atoms with E-state index in [2.05, 4.69) is 37.1 Å². The molecule has 0 bridgehead atoms. The smallest absolute Gasteiger partial charge is 0.358 e. The van der Waals surface area contributed by atoms with Crippen molar-refractivity contribution in [3.63, 3.8) is 0 Å². The molecule has 1 N–H and O–H groups in total. The van der Waals surface area contributed by atoms with Crippen LogP contribution in [-0.2, 0) is 15.9 Å². The van der Waals surface area contributed by atoms with E-state index < -0.39 is 5.97 Å². The van der Waals surface area contributed by atoms with Crippen LogP contribution in [0.4, 0.5) is 5.82 Å². The largest absolute Gasteiger partial charge is 0.464 e. The minimum absolute atomic E-state index is 0.121. The van der Waals surface area contributed by atoms with E-state index in [0.717, 1.165) is 11.9 Å². The van der Waals surface area contributed by atoms with Crippen LogP contribution in [0.3, 0.4) is 0 Å². The number of hydrogen-bond donors (Lipinski definition) is 1. The second kappa shape index (κ2) is 7.67. The first kappa shape index (κ1) is 17.4. The summed E-state index contributed by atoms with van der Waals surface area (Å²) in [5.41, 5.74) is 2.45. The van der Waals surface area contributed by atoms with E-state index in [1.807, 2.05) is 24.4 Å². The quantitative estimate of drug-likeness (QED) is 0.696. The van der Waals surface area contributed by atoms with Gasteiger partial charge in [0, 0.05) is 17.5 Å². The molecule has 1 saturated heterocycles. The molecule has 0 saturated carbocycles. The number of ether oxygens (including phenoxy) is 2. The van der Waals surface area contributed by atoms with E-state index >= 15 is 0 Å². The van der Waals surface area contributed by atoms with Crippen molar-refractivity contribution in [2.75, 3.05) is 25.6 Å². The molecule has 4 rings (SSSR count). The number of aromatic nitrogens is 3. The van der Waals surface area contributed by atoms with Gasteiger partial charge in [0.05, 0.1) is 44.3 Å². The summed E-state index contributed by atoms with van der Waals surface area (Å²) >= 11 is 0. The number of carbonyl (C=O) groups is 1. The third-order valence-corrected chi connectivity index (χ3v) is 4.80. The minimum Gasteiger partial charge on any atom is -0.464 e. The molecule has 0 spiro atoms. The number of nitrogens with one attached hydrogen (secondary N) is 1. The molecule has 1 aliphatic heterocycles. The monoisotopic (exact) mass is 364 g/mol. The lowest BCUT2D eigenvalue weighted by molar-refractivity contribution is 0.0593. The van der Waals surface area contributed by atoms with Crippen LogP contribution in [0.5, 0.6) is 0 Å². The van der Waals surface area contributed by atoms with E-state index in [4.69, 9.17) is 4.74 Å². The average molecular weight is 364 g/mol. The molecule has 7 heteroatoms. The van der Waals surface area contributed by atoms with Crippen molar-refractivity contribution < 1.29 is 14.3 Å². The summed E-state index contributed by atoms with van der Waals surface area (Å²) in [6.07, 6.45) is 5.69. The fraction of sp³-hybridized carbons (Fsp3) is 0.300. The number of hydrogen-bond acceptors (Lipinski definition) is 7. The summed E-state index contributed by atoms with van der Waals surface area (Å²) in [5.74, 6) is 0.418. The number of esters is 1. The molecule has 7 nitrogen and oxygen atoms in total. The van der Waals surface area contributed by atoms with Crippen LogP contribution in [0.15, 0.2) is 48.9 Å². The summed E-state index contributed by atoms with van der Waals surface area (Å²) in [6.45, 7) is 1.29. The molecule has 2 aromatic heterocycles. The molecule has 0 amide bonds. The van der Waals surface area contributed by atoms with E-state index in [0.29, 0.717) is 24.9 Å². The van der Waals surface area contributed by atoms with Gasteiger partial charge in [0.2, 0.25) is 0 Å². The van der Waals surface area contributed by atoms with E-state index in [1.54, 1.807) is 6.20 Å². The minimum atomic E-state index is -0.499. The van der Waals surface area contributed by atoms with Crippen LogP contribution < -0.4 is 5.32 Å². The van der Waals surface area contributed by atoms with Gasteiger partial charge < -0.3 is 14.8 Å². The Morgan fingerprint density at radius 2 is 2.07 bits per heavy atom. The Morgan fingerprint density at radius 3 is 2.89 bits per heavy atom. The Labute approximate surface area is 156 Å². The first-order valence-electron chi connectivity index (χ1n) is 8.82. The summed E-state index contributed by atoms with van der Waals surface area (Å²) < 4.78 is 10.3. The Hall–Kier alpha value is -3.06. The third-order valence-electron chi connectivity index (χ3n) is 4.80. The number of carbonyl (C=O) groups excluding carboxylic acids is 1. The summed E-state index contributed by atoms with van der Waals surface area (Å²) in [7, 11) is 1.32. The van der Waals surface area contributed by atoms with Gasteiger partial charge in [0.1, 0.15) is 5.82 Å². The predicted octanol–water partition coefficient (Wildman–Crippen LogP) is 2.48. The molecule has 1 aliphatic rings. The highest BCUT2D eigenvalue weighted by Gasteiger charge is 2.29. The third kappa shape index (κ3) is 3.73. The lowest BCUT2D eigenvalue weighted by Gasteiger charge is -2.20. The first-order valence-corrected chi connectivity index (χ1v) is 8.82. The number of nitrogens with zero attached hydrogens (tertiary/aromatic N) is 3. The average Bonchev–Trinajstić information content (AvgIpc) is 3.15. The van der Waals surface area contributed by atoms with E-state index in [9.17, 15) is 4.79 Å². The second-order valence-corrected chi connectivity index (χ2v) is 6.52. The first-order chi connectivity index (χ1) is 13.2. The van der Waals surface area contributed by atoms with Gasteiger partial charge in [0.15, 0.2) is 5.69 Å². The molecule has 138 valence electrons. The van der Waals surface area contributed by atoms with Crippen molar-refractivity contribution in [3.05, 3.63) is 60.2 Å². The highest BCUT2D eigenvalue weighted by Crippen LogP contribution is 2.25. The van der Waals surface area contributed by atoms with Crippen LogP contribution in [0, 0.1) is 5.92 Å². The number of fused-ring (bicyclic) bond motifs is 1. The van der Waals surface area contributed by atoms with Crippen molar-refractivity contribution in [2.24, 2.45) is 5.92 Å². The van der Waals surface area contributed by atoms with Gasteiger partial charge in [-0.1, -0.05) is 18.2 Å². The molecular weight excluding hydrogens is 344 g/mol. The Morgan fingerprint density at radius 1 is 1.19 bits per heavy atom. The zero-order valence-corrected chi connectivity index (χ0v) is 15.0. The SMILES string of the molecule is COC(=O)c1cnc(N[C@H]2COC[C@H]2Cc2ccnc3ccccc23)cn1. The van der Waals surface area contributed by atoms with Crippen molar-refractivity contribution in [1.82, 2.24) is 15.0 Å². The van der Waals surface area contributed by atoms with Gasteiger partial charge in [-0.15, -0.1) is 0 Å². The molecule has 3 heterocycles. The number of methoxy groups -OCH3 is 1. The Bertz CT molecular complexity index is 940. The molecule has 0 aliphatic carbocycles. The molecular formula is C20H20N4O3. The molecule has 27 heavy (non-hydrogen) atoms. The number of anilines is 1. The number of rotatable bonds is 5. The van der Waals surface area contributed by atoms with Gasteiger partial charge in [-0.3, -0.25) is 4.98 Å². The van der Waals surface area contributed by atoms with Crippen molar-refractivity contribution in [3.8, 4) is 0 Å². The standard InChI is InChI=1S/C20H20N4O3/c1-26-20(25)17-9-23-19(10-22-17)24-18-12-27-11-14(18)8-13-6-7-21-16-5-3-2-4-15(13)16/h2-7,9-10,14,18H,8,11-12H2,1H3,(H,23,24)/t14-,18+/m1/s1. The van der Waals surface area contributed by atoms with Crippen molar-refractivity contribution in [2.45, 2.75) is 12.5 Å². The second-order valence-electron chi connectivity index (χ2n) is 6.52. The molecule has 1 fully saturated rings. The van der Waals surface area contributed by atoms with Crippen LogP contribution in [0.25, 0.3) is 10.9 Å². The summed E-state index contributed by atoms with van der Waals surface area (Å²) in [6, 6.07) is 10.4. The zero-order valence-electron chi connectivity index (χ0n) is 15.0. The molecule has 1 aromatic carbocycles. The van der Waals surface area contributed by atoms with Crippen LogP contribution in [0.1, 0.15) is 16.1 Å². The van der Waals surface area contributed by atoms with Gasteiger partial charge in [0.25, 0.3) is 0 Å². The molecule has 0 unspecified atom stereocenters. The number of benzene rings is 1. The van der Waals surface area contributed by atoms with Crippen LogP contribution in [-0.4, -0.2) is 47.3 Å². The van der Waals surface area contributed by atoms with Crippen molar-refractivity contribution >= 4 is 22.7 Å². The lowest BCUT2D eigenvalue weighted by atomic mass is 9.93. The van der Waals surface area contributed by atoms with Gasteiger partial charge in [-0.25, -0.2) is 14.8 Å². The highest BCUT2D eigenvalue weighted by atomic mass is 16.5. The summed E-state index contributed by atoms with van der Waals surface area (Å²) in [4.78, 5) is 24.2. The zero-order chi connectivity index (χ0) is 18.6. The van der Waals surface area contributed by atoms with Crippen LogP contribution >= 0.6 is 0 Å². The lowest BCUT2D eigenvalue weighted by Crippen LogP contribution is -2.29. The highest BCUT2D eigenvalue weighted by molar-refractivity contribution is 5.86. The molecule has 2 atom stereocenters. The maximum atomic E-state index is 11.5. The summed E-state index contributed by atoms with van der Waals surface area (Å²) in [5, 5.41) is 4.55. The van der Waals surface area contributed by atoms with E-state index in [-0.39, 0.29) is 11.7 Å². The normalized spacial score (nSPS) is 19.1. The van der Waals surface area contributed by atoms with Crippen LogP contribution in [0.2, 0.25) is 0 Å². The predicted molar refractivity (Wildman–Crippen MR) is 101 cm³/mol. The van der Waals surface area contributed by atoms with Crippen molar-refractivity contribution in [1.29, 1.82) is 0 Å². The maximum Gasteiger partial charge on any atom is 0.358 e. The number of para-hydroxylation sites is 1. The maximum absolute atomic E-state index is 11.5. The molecule has 0 radical (unpaired) electrons.